The van der Waals surface area contributed by atoms with Crippen LogP contribution in [0.5, 0.6) is 0 Å². The Morgan fingerprint density at radius 2 is 2.27 bits per heavy atom. The number of halogens is 2. The lowest BCUT2D eigenvalue weighted by atomic mass is 10.2. The van der Waals surface area contributed by atoms with Crippen molar-refractivity contribution in [1.82, 2.24) is 9.78 Å². The van der Waals surface area contributed by atoms with Crippen molar-refractivity contribution < 1.29 is 4.39 Å². The van der Waals surface area contributed by atoms with Gasteiger partial charge in [-0.2, -0.15) is 5.10 Å². The highest BCUT2D eigenvalue weighted by Crippen LogP contribution is 2.14. The van der Waals surface area contributed by atoms with Crippen molar-refractivity contribution in [3.63, 3.8) is 0 Å². The predicted molar refractivity (Wildman–Crippen MR) is 59.8 cm³/mol. The summed E-state index contributed by atoms with van der Waals surface area (Å²) in [5.41, 5.74) is 6.38. The zero-order chi connectivity index (χ0) is 10.8. The van der Waals surface area contributed by atoms with E-state index in [0.29, 0.717) is 6.54 Å². The fourth-order valence-electron chi connectivity index (χ4n) is 1.28. The lowest BCUT2D eigenvalue weighted by molar-refractivity contribution is 0.623. The van der Waals surface area contributed by atoms with E-state index in [2.05, 4.69) is 21.0 Å². The standard InChI is InChI=1S/C10H9BrFN3/c11-8-4-14-15(6-8)5-7-1-2-10(13)9(12)3-7/h1-4,6H,5,13H2. The minimum atomic E-state index is -0.390. The lowest BCUT2D eigenvalue weighted by Crippen LogP contribution is -2.01. The van der Waals surface area contributed by atoms with Gasteiger partial charge in [0.05, 0.1) is 22.9 Å². The van der Waals surface area contributed by atoms with Gasteiger partial charge in [-0.1, -0.05) is 6.07 Å². The van der Waals surface area contributed by atoms with Crippen molar-refractivity contribution in [2.45, 2.75) is 6.54 Å². The molecule has 0 saturated carbocycles. The summed E-state index contributed by atoms with van der Waals surface area (Å²) in [6, 6.07) is 4.77. The van der Waals surface area contributed by atoms with Crippen LogP contribution in [-0.2, 0) is 6.54 Å². The van der Waals surface area contributed by atoms with Gasteiger partial charge in [0.15, 0.2) is 0 Å². The molecule has 0 fully saturated rings. The van der Waals surface area contributed by atoms with E-state index in [1.807, 2.05) is 6.20 Å². The zero-order valence-electron chi connectivity index (χ0n) is 7.82. The van der Waals surface area contributed by atoms with Crippen LogP contribution in [0.3, 0.4) is 0 Å². The molecule has 1 aromatic carbocycles. The number of hydrogen-bond acceptors (Lipinski definition) is 2. The first-order valence-corrected chi connectivity index (χ1v) is 5.16. The van der Waals surface area contributed by atoms with Crippen LogP contribution in [0.4, 0.5) is 10.1 Å². The number of hydrogen-bond donors (Lipinski definition) is 1. The third kappa shape index (κ3) is 2.36. The molecule has 2 N–H and O–H groups in total. The normalized spacial score (nSPS) is 10.5. The summed E-state index contributed by atoms with van der Waals surface area (Å²) in [5.74, 6) is -0.390. The van der Waals surface area contributed by atoms with E-state index < -0.39 is 5.82 Å². The SMILES string of the molecule is Nc1ccc(Cn2cc(Br)cn2)cc1F. The molecule has 3 nitrogen and oxygen atoms in total. The van der Waals surface area contributed by atoms with E-state index in [9.17, 15) is 4.39 Å². The molecule has 5 heteroatoms. The molecule has 78 valence electrons. The number of nitrogens with zero attached hydrogens (tertiary/aromatic N) is 2. The number of benzene rings is 1. The minimum Gasteiger partial charge on any atom is -0.396 e. The summed E-state index contributed by atoms with van der Waals surface area (Å²) in [5, 5.41) is 4.08. The highest BCUT2D eigenvalue weighted by atomic mass is 79.9. The molecule has 0 aliphatic carbocycles. The first kappa shape index (κ1) is 10.2. The average molecular weight is 270 g/mol. The molecule has 15 heavy (non-hydrogen) atoms. The van der Waals surface area contributed by atoms with Crippen molar-refractivity contribution in [1.29, 1.82) is 0 Å². The van der Waals surface area contributed by atoms with Crippen molar-refractivity contribution in [2.24, 2.45) is 0 Å². The smallest absolute Gasteiger partial charge is 0.146 e. The van der Waals surface area contributed by atoms with Crippen LogP contribution >= 0.6 is 15.9 Å². The van der Waals surface area contributed by atoms with Crippen LogP contribution in [0.2, 0.25) is 0 Å². The van der Waals surface area contributed by atoms with Gasteiger partial charge in [0.25, 0.3) is 0 Å². The van der Waals surface area contributed by atoms with Gasteiger partial charge < -0.3 is 5.73 Å². The van der Waals surface area contributed by atoms with Gasteiger partial charge in [-0.05, 0) is 33.6 Å². The fourth-order valence-corrected chi connectivity index (χ4v) is 1.61. The fraction of sp³-hybridized carbons (Fsp3) is 0.100. The Morgan fingerprint density at radius 3 is 2.87 bits per heavy atom. The molecule has 0 saturated heterocycles. The van der Waals surface area contributed by atoms with E-state index in [-0.39, 0.29) is 5.69 Å². The topological polar surface area (TPSA) is 43.8 Å². The Balaban J connectivity index is 2.21. The van der Waals surface area contributed by atoms with Crippen LogP contribution in [-0.4, -0.2) is 9.78 Å². The Morgan fingerprint density at radius 1 is 1.47 bits per heavy atom. The first-order chi connectivity index (χ1) is 7.15. The molecular formula is C10H9BrFN3. The molecule has 0 unspecified atom stereocenters. The predicted octanol–water partition coefficient (Wildman–Crippen LogP) is 2.42. The highest BCUT2D eigenvalue weighted by molar-refractivity contribution is 9.10. The third-order valence-corrected chi connectivity index (χ3v) is 2.42. The molecule has 0 bridgehead atoms. The van der Waals surface area contributed by atoms with Crippen molar-refractivity contribution in [3.8, 4) is 0 Å². The van der Waals surface area contributed by atoms with E-state index in [1.165, 1.54) is 6.07 Å². The van der Waals surface area contributed by atoms with E-state index in [1.54, 1.807) is 23.0 Å². The molecule has 2 rings (SSSR count). The van der Waals surface area contributed by atoms with Gasteiger partial charge in [-0.3, -0.25) is 4.68 Å². The molecule has 0 aliphatic rings. The molecule has 1 aromatic heterocycles. The first-order valence-electron chi connectivity index (χ1n) is 4.37. The quantitative estimate of drug-likeness (QED) is 0.851. The van der Waals surface area contributed by atoms with Gasteiger partial charge in [0.1, 0.15) is 5.82 Å². The summed E-state index contributed by atoms with van der Waals surface area (Å²) >= 11 is 3.29. The van der Waals surface area contributed by atoms with Gasteiger partial charge >= 0.3 is 0 Å². The summed E-state index contributed by atoms with van der Waals surface area (Å²) in [4.78, 5) is 0. The summed E-state index contributed by atoms with van der Waals surface area (Å²) < 4.78 is 15.7. The van der Waals surface area contributed by atoms with E-state index in [0.717, 1.165) is 10.0 Å². The largest absolute Gasteiger partial charge is 0.396 e. The molecular weight excluding hydrogens is 261 g/mol. The maximum absolute atomic E-state index is 13.1. The van der Waals surface area contributed by atoms with E-state index in [4.69, 9.17) is 5.73 Å². The van der Waals surface area contributed by atoms with Crippen LogP contribution < -0.4 is 5.73 Å². The van der Waals surface area contributed by atoms with Crippen molar-refractivity contribution >= 4 is 21.6 Å². The number of nitrogen functional groups attached to an aromatic ring is 1. The minimum absolute atomic E-state index is 0.167. The molecule has 2 aromatic rings. The monoisotopic (exact) mass is 269 g/mol. The van der Waals surface area contributed by atoms with Gasteiger partial charge in [-0.25, -0.2) is 4.39 Å². The number of aromatic nitrogens is 2. The van der Waals surface area contributed by atoms with E-state index >= 15 is 0 Å². The summed E-state index contributed by atoms with van der Waals surface area (Å²) in [6.45, 7) is 0.531. The molecule has 0 aliphatic heterocycles. The molecule has 0 amide bonds. The Kier molecular flexibility index (Phi) is 2.73. The zero-order valence-corrected chi connectivity index (χ0v) is 9.41. The van der Waals surface area contributed by atoms with Gasteiger partial charge in [-0.15, -0.1) is 0 Å². The number of nitrogens with two attached hydrogens (primary N) is 1. The summed E-state index contributed by atoms with van der Waals surface area (Å²) in [7, 11) is 0. The second-order valence-electron chi connectivity index (χ2n) is 3.21. The van der Waals surface area contributed by atoms with Crippen LogP contribution in [0, 0.1) is 5.82 Å². The second kappa shape index (κ2) is 4.02. The van der Waals surface area contributed by atoms with Crippen LogP contribution in [0.25, 0.3) is 0 Å². The molecule has 1 heterocycles. The van der Waals surface area contributed by atoms with Gasteiger partial charge in [0, 0.05) is 6.20 Å². The second-order valence-corrected chi connectivity index (χ2v) is 4.13. The Bertz CT molecular complexity index is 481. The highest BCUT2D eigenvalue weighted by Gasteiger charge is 2.01. The van der Waals surface area contributed by atoms with Crippen LogP contribution in [0.1, 0.15) is 5.56 Å². The van der Waals surface area contributed by atoms with Gasteiger partial charge in [0.2, 0.25) is 0 Å². The molecule has 0 spiro atoms. The maximum Gasteiger partial charge on any atom is 0.146 e. The third-order valence-electron chi connectivity index (χ3n) is 2.01. The summed E-state index contributed by atoms with van der Waals surface area (Å²) in [6.07, 6.45) is 3.52. The molecule has 0 atom stereocenters. The average Bonchev–Trinajstić information content (AvgIpc) is 2.58. The number of rotatable bonds is 2. The van der Waals surface area contributed by atoms with Crippen LogP contribution in [0.15, 0.2) is 35.1 Å². The Hall–Kier alpha value is -1.36. The molecule has 0 radical (unpaired) electrons. The number of anilines is 1. The Labute approximate surface area is 94.8 Å². The van der Waals surface area contributed by atoms with Crippen molar-refractivity contribution in [2.75, 3.05) is 5.73 Å². The van der Waals surface area contributed by atoms with Crippen molar-refractivity contribution in [3.05, 3.63) is 46.4 Å². The maximum atomic E-state index is 13.1. The lowest BCUT2D eigenvalue weighted by Gasteiger charge is -2.03.